The minimum Gasteiger partial charge on any atom is -0.356 e. The van der Waals surface area contributed by atoms with Gasteiger partial charge in [-0.15, -0.1) is 0 Å². The summed E-state index contributed by atoms with van der Waals surface area (Å²) < 4.78 is 7.94. The number of aromatic nitrogens is 2. The zero-order chi connectivity index (χ0) is 18.3. The van der Waals surface area contributed by atoms with Crippen LogP contribution in [0.1, 0.15) is 69.7 Å². The number of carbonyl (C=O) groups excluding carboxylic acids is 1. The molecule has 26 heavy (non-hydrogen) atoms. The lowest BCUT2D eigenvalue weighted by atomic mass is 9.74. The number of hydrogen-bond donors (Lipinski definition) is 0. The van der Waals surface area contributed by atoms with E-state index in [0.29, 0.717) is 12.2 Å². The number of ketones is 1. The molecule has 1 aromatic carbocycles. The van der Waals surface area contributed by atoms with Crippen molar-refractivity contribution in [3.05, 3.63) is 35.0 Å². The van der Waals surface area contributed by atoms with Crippen molar-refractivity contribution in [2.45, 2.75) is 65.5 Å². The summed E-state index contributed by atoms with van der Waals surface area (Å²) in [7, 11) is 0. The molecule has 1 atom stereocenters. The molecule has 1 unspecified atom stereocenters. The highest BCUT2D eigenvalue weighted by atomic mass is 16.5. The van der Waals surface area contributed by atoms with E-state index >= 15 is 0 Å². The third-order valence-electron chi connectivity index (χ3n) is 5.86. The Morgan fingerprint density at radius 1 is 1.31 bits per heavy atom. The summed E-state index contributed by atoms with van der Waals surface area (Å²) in [6, 6.07) is 4.26. The van der Waals surface area contributed by atoms with Gasteiger partial charge in [-0.3, -0.25) is 4.79 Å². The SMILES string of the molecule is Cc1ccc2c(cnn2C2CCCCO2)c1/C=C1\CCC(C)(C)CC1=O. The van der Waals surface area contributed by atoms with Gasteiger partial charge in [0.15, 0.2) is 12.0 Å². The summed E-state index contributed by atoms with van der Waals surface area (Å²) in [5, 5.41) is 5.75. The van der Waals surface area contributed by atoms with Crippen molar-refractivity contribution in [1.82, 2.24) is 9.78 Å². The maximum Gasteiger partial charge on any atom is 0.159 e. The van der Waals surface area contributed by atoms with Gasteiger partial charge in [0.25, 0.3) is 0 Å². The summed E-state index contributed by atoms with van der Waals surface area (Å²) in [6.07, 6.45) is 9.96. The van der Waals surface area contributed by atoms with Gasteiger partial charge in [-0.05, 0) is 73.3 Å². The summed E-state index contributed by atoms with van der Waals surface area (Å²) >= 11 is 0. The van der Waals surface area contributed by atoms with Gasteiger partial charge in [0, 0.05) is 18.4 Å². The minimum atomic E-state index is 0.0292. The van der Waals surface area contributed by atoms with E-state index in [1.165, 1.54) is 12.0 Å². The zero-order valence-corrected chi connectivity index (χ0v) is 16.0. The number of fused-ring (bicyclic) bond motifs is 1. The number of carbonyl (C=O) groups is 1. The lowest BCUT2D eigenvalue weighted by Gasteiger charge is -2.29. The molecule has 1 aliphatic carbocycles. The molecule has 1 saturated carbocycles. The Hall–Kier alpha value is -1.94. The van der Waals surface area contributed by atoms with Crippen LogP contribution in [-0.2, 0) is 9.53 Å². The van der Waals surface area contributed by atoms with Crippen LogP contribution in [0.2, 0.25) is 0 Å². The number of allylic oxidation sites excluding steroid dienone is 1. The summed E-state index contributed by atoms with van der Waals surface area (Å²) in [5.74, 6) is 0.292. The smallest absolute Gasteiger partial charge is 0.159 e. The first kappa shape index (κ1) is 17.5. The Morgan fingerprint density at radius 2 is 2.15 bits per heavy atom. The van der Waals surface area contributed by atoms with Crippen LogP contribution in [0.25, 0.3) is 17.0 Å². The Kier molecular flexibility index (Phi) is 4.47. The fourth-order valence-corrected chi connectivity index (χ4v) is 4.17. The van der Waals surface area contributed by atoms with Crippen molar-refractivity contribution in [1.29, 1.82) is 0 Å². The molecule has 2 heterocycles. The van der Waals surface area contributed by atoms with Crippen molar-refractivity contribution in [3.8, 4) is 0 Å². The van der Waals surface area contributed by atoms with Crippen molar-refractivity contribution in [2.75, 3.05) is 6.61 Å². The Morgan fingerprint density at radius 3 is 2.88 bits per heavy atom. The van der Waals surface area contributed by atoms with E-state index in [-0.39, 0.29) is 11.6 Å². The maximum absolute atomic E-state index is 12.6. The largest absolute Gasteiger partial charge is 0.356 e. The van der Waals surface area contributed by atoms with Gasteiger partial charge >= 0.3 is 0 Å². The van der Waals surface area contributed by atoms with Gasteiger partial charge in [0.05, 0.1) is 11.7 Å². The second-order valence-corrected chi connectivity index (χ2v) is 8.57. The molecule has 0 N–H and O–H groups in total. The maximum atomic E-state index is 12.6. The summed E-state index contributed by atoms with van der Waals surface area (Å²) in [5.41, 5.74) is 4.50. The van der Waals surface area contributed by atoms with Gasteiger partial charge in [0.1, 0.15) is 0 Å². The van der Waals surface area contributed by atoms with E-state index in [1.807, 2.05) is 10.9 Å². The van der Waals surface area contributed by atoms with E-state index < -0.39 is 0 Å². The second kappa shape index (κ2) is 6.66. The van der Waals surface area contributed by atoms with Crippen LogP contribution in [-0.4, -0.2) is 22.2 Å². The number of ether oxygens (including phenoxy) is 1. The quantitative estimate of drug-likeness (QED) is 0.697. The molecule has 2 aliphatic rings. The van der Waals surface area contributed by atoms with E-state index in [4.69, 9.17) is 4.74 Å². The number of nitrogens with zero attached hydrogens (tertiary/aromatic N) is 2. The lowest BCUT2D eigenvalue weighted by molar-refractivity contribution is -0.118. The van der Waals surface area contributed by atoms with Crippen molar-refractivity contribution < 1.29 is 9.53 Å². The predicted molar refractivity (Wildman–Crippen MR) is 104 cm³/mol. The third-order valence-corrected chi connectivity index (χ3v) is 5.86. The topological polar surface area (TPSA) is 44.1 Å². The summed E-state index contributed by atoms with van der Waals surface area (Å²) in [6.45, 7) is 7.28. The highest BCUT2D eigenvalue weighted by Gasteiger charge is 2.29. The molecule has 1 aliphatic heterocycles. The highest BCUT2D eigenvalue weighted by Crippen LogP contribution is 2.37. The average Bonchev–Trinajstić information content (AvgIpc) is 3.04. The number of aryl methyl sites for hydroxylation is 1. The molecule has 4 nitrogen and oxygen atoms in total. The molecule has 0 radical (unpaired) electrons. The number of rotatable bonds is 2. The van der Waals surface area contributed by atoms with Crippen LogP contribution in [0.15, 0.2) is 23.9 Å². The van der Waals surface area contributed by atoms with Crippen LogP contribution in [0.3, 0.4) is 0 Å². The summed E-state index contributed by atoms with van der Waals surface area (Å²) in [4.78, 5) is 12.6. The number of benzene rings is 1. The van der Waals surface area contributed by atoms with E-state index in [0.717, 1.165) is 54.3 Å². The Bertz CT molecular complexity index is 870. The average molecular weight is 352 g/mol. The highest BCUT2D eigenvalue weighted by molar-refractivity contribution is 6.03. The normalized spacial score (nSPS) is 25.1. The van der Waals surface area contributed by atoms with Crippen LogP contribution in [0, 0.1) is 12.3 Å². The number of Topliss-reactive ketones (excluding diaryl/α,β-unsaturated/α-hetero) is 1. The Labute approximate surface area is 155 Å². The van der Waals surface area contributed by atoms with E-state index in [1.54, 1.807) is 0 Å². The lowest BCUT2D eigenvalue weighted by Crippen LogP contribution is -2.24. The fourth-order valence-electron chi connectivity index (χ4n) is 4.17. The zero-order valence-electron chi connectivity index (χ0n) is 16.0. The molecule has 0 bridgehead atoms. The first-order chi connectivity index (χ1) is 12.4. The monoisotopic (exact) mass is 352 g/mol. The van der Waals surface area contributed by atoms with Gasteiger partial charge in [-0.1, -0.05) is 19.9 Å². The predicted octanol–water partition coefficient (Wildman–Crippen LogP) is 5.21. The molecular weight excluding hydrogens is 324 g/mol. The molecule has 0 spiro atoms. The molecular formula is C22H28N2O2. The molecule has 1 aromatic heterocycles. The molecule has 4 rings (SSSR count). The molecule has 4 heteroatoms. The fraction of sp³-hybridized carbons (Fsp3) is 0.545. The van der Waals surface area contributed by atoms with Gasteiger partial charge < -0.3 is 4.74 Å². The molecule has 2 aromatic rings. The third kappa shape index (κ3) is 3.23. The van der Waals surface area contributed by atoms with Crippen LogP contribution >= 0.6 is 0 Å². The molecule has 2 fully saturated rings. The van der Waals surface area contributed by atoms with E-state index in [2.05, 4.69) is 44.1 Å². The van der Waals surface area contributed by atoms with Crippen molar-refractivity contribution in [2.24, 2.45) is 5.41 Å². The van der Waals surface area contributed by atoms with Crippen LogP contribution in [0.4, 0.5) is 0 Å². The molecule has 1 saturated heterocycles. The van der Waals surface area contributed by atoms with Gasteiger partial charge in [0.2, 0.25) is 0 Å². The second-order valence-electron chi connectivity index (χ2n) is 8.57. The van der Waals surface area contributed by atoms with E-state index in [9.17, 15) is 4.79 Å². The Balaban J connectivity index is 1.73. The van der Waals surface area contributed by atoms with Gasteiger partial charge in [-0.25, -0.2) is 4.68 Å². The van der Waals surface area contributed by atoms with Crippen LogP contribution in [0.5, 0.6) is 0 Å². The van der Waals surface area contributed by atoms with Crippen LogP contribution < -0.4 is 0 Å². The minimum absolute atomic E-state index is 0.0292. The molecule has 0 amide bonds. The number of hydrogen-bond acceptors (Lipinski definition) is 3. The first-order valence-electron chi connectivity index (χ1n) is 9.77. The standard InChI is InChI=1S/C22H28N2O2/c1-15-7-8-19-18(14-23-24(19)21-6-4-5-11-26-21)17(15)12-16-9-10-22(2,3)13-20(16)25/h7-8,12,14,21H,4-6,9-11,13H2,1-3H3/b16-12+. The van der Waals surface area contributed by atoms with Crippen molar-refractivity contribution in [3.63, 3.8) is 0 Å². The molecule has 138 valence electrons. The van der Waals surface area contributed by atoms with Crippen molar-refractivity contribution >= 4 is 22.8 Å². The van der Waals surface area contributed by atoms with Gasteiger partial charge in [-0.2, -0.15) is 5.10 Å². The first-order valence-corrected chi connectivity index (χ1v) is 9.77.